The Balaban J connectivity index is 0.953. The van der Waals surface area contributed by atoms with Crippen molar-refractivity contribution in [3.63, 3.8) is 0 Å². The molecule has 398 valence electrons. The van der Waals surface area contributed by atoms with Crippen LogP contribution in [0.15, 0.2) is 197 Å². The van der Waals surface area contributed by atoms with E-state index in [4.69, 9.17) is 0 Å². The second kappa shape index (κ2) is 27.4. The Morgan fingerprint density at radius 3 is 0.848 bits per heavy atom. The number of hydrogen-bond acceptors (Lipinski definition) is 12. The number of carbonyl (C=O) groups is 6. The van der Waals surface area contributed by atoms with Crippen LogP contribution >= 0.6 is 34.0 Å². The number of hydrogen-bond donors (Lipinski definition) is 6. The van der Waals surface area contributed by atoms with Crippen molar-refractivity contribution < 1.29 is 28.8 Å². The standard InChI is InChI=1S/C61H55N9O6S3/c71-55(34-43-19-28-77-37-43)68-52(31-40-13-22-62-23-14-40)59(74)65-49-7-1-46(2-8-49)58(47-3-9-50(10-4-47)66-60(75)53(32-41-15-24-63-25-16-41)69-56(72)35-44-20-29-78-38-44)48-5-11-51(12-6-48)67-61(76)54(33-42-17-26-64-27-18-42)70-57(73)36-45-21-30-79-39-45/h1-30,37-39,52-54,58H,31-36H2,(H,65,74)(H,66,75)(H,67,76)(H,68,71)(H,69,72)(H,70,73)/t52-,53-,54-/m1/s1. The largest absolute Gasteiger partial charge is 0.344 e. The van der Waals surface area contributed by atoms with Gasteiger partial charge in [0.2, 0.25) is 35.4 Å². The molecule has 0 aliphatic rings. The smallest absolute Gasteiger partial charge is 0.247 e. The summed E-state index contributed by atoms with van der Waals surface area (Å²) >= 11 is 4.50. The van der Waals surface area contributed by atoms with Crippen LogP contribution in [0.4, 0.5) is 17.1 Å². The van der Waals surface area contributed by atoms with E-state index in [9.17, 15) is 28.8 Å². The van der Waals surface area contributed by atoms with Crippen molar-refractivity contribution in [2.24, 2.45) is 0 Å². The highest BCUT2D eigenvalue weighted by molar-refractivity contribution is 7.08. The van der Waals surface area contributed by atoms with Gasteiger partial charge in [0, 0.05) is 79.4 Å². The van der Waals surface area contributed by atoms with Crippen molar-refractivity contribution in [1.29, 1.82) is 0 Å². The molecule has 6 aromatic heterocycles. The molecular formula is C61H55N9O6S3. The molecule has 3 aromatic carbocycles. The number of nitrogens with zero attached hydrogens (tertiary/aromatic N) is 3. The molecule has 18 heteroatoms. The van der Waals surface area contributed by atoms with E-state index in [1.54, 1.807) is 37.2 Å². The van der Waals surface area contributed by atoms with Gasteiger partial charge in [0.1, 0.15) is 18.1 Å². The molecular weight excluding hydrogens is 1050 g/mol. The molecule has 0 aliphatic carbocycles. The number of nitrogens with one attached hydrogen (secondary N) is 6. The summed E-state index contributed by atoms with van der Waals surface area (Å²) in [5.74, 6) is -2.36. The molecule has 0 saturated heterocycles. The molecule has 0 aliphatic heterocycles. The molecule has 79 heavy (non-hydrogen) atoms. The normalized spacial score (nSPS) is 12.1. The first kappa shape index (κ1) is 54.8. The van der Waals surface area contributed by atoms with Crippen LogP contribution in [-0.4, -0.2) is 68.5 Å². The third-order valence-electron chi connectivity index (χ3n) is 12.9. The predicted molar refractivity (Wildman–Crippen MR) is 310 cm³/mol. The van der Waals surface area contributed by atoms with Crippen molar-refractivity contribution in [3.8, 4) is 0 Å². The number of benzene rings is 3. The zero-order chi connectivity index (χ0) is 54.8. The molecule has 3 atom stereocenters. The summed E-state index contributed by atoms with van der Waals surface area (Å²) in [7, 11) is 0. The summed E-state index contributed by atoms with van der Waals surface area (Å²) in [5.41, 5.74) is 9.23. The number of pyridine rings is 3. The quantitative estimate of drug-likeness (QED) is 0.0318. The van der Waals surface area contributed by atoms with Gasteiger partial charge in [0.25, 0.3) is 0 Å². The number of rotatable bonds is 24. The van der Waals surface area contributed by atoms with Crippen LogP contribution in [-0.2, 0) is 67.3 Å². The summed E-state index contributed by atoms with van der Waals surface area (Å²) in [4.78, 5) is 93.9. The van der Waals surface area contributed by atoms with Gasteiger partial charge in [-0.25, -0.2) is 0 Å². The van der Waals surface area contributed by atoms with Gasteiger partial charge in [-0.2, -0.15) is 34.0 Å². The van der Waals surface area contributed by atoms with Gasteiger partial charge in [-0.1, -0.05) is 36.4 Å². The average molecular weight is 1110 g/mol. The minimum Gasteiger partial charge on any atom is -0.344 e. The highest BCUT2D eigenvalue weighted by Crippen LogP contribution is 2.34. The number of amides is 6. The van der Waals surface area contributed by atoms with E-state index < -0.39 is 18.1 Å². The fourth-order valence-corrected chi connectivity index (χ4v) is 10.9. The fourth-order valence-electron chi connectivity index (χ4n) is 8.91. The highest BCUT2D eigenvalue weighted by atomic mass is 32.1. The van der Waals surface area contributed by atoms with Gasteiger partial charge in [-0.3, -0.25) is 43.7 Å². The monoisotopic (exact) mass is 1110 g/mol. The van der Waals surface area contributed by atoms with Crippen LogP contribution in [0.3, 0.4) is 0 Å². The summed E-state index contributed by atoms with van der Waals surface area (Å²) in [6.07, 6.45) is 11.1. The average Bonchev–Trinajstić information content (AvgIpc) is 4.33. The molecule has 0 fully saturated rings. The molecule has 0 spiro atoms. The van der Waals surface area contributed by atoms with Gasteiger partial charge in [0.15, 0.2) is 0 Å². The Hall–Kier alpha value is -8.97. The second-order valence-corrected chi connectivity index (χ2v) is 21.1. The molecule has 0 radical (unpaired) electrons. The zero-order valence-electron chi connectivity index (χ0n) is 42.6. The first-order valence-corrected chi connectivity index (χ1v) is 28.2. The lowest BCUT2D eigenvalue weighted by Crippen LogP contribution is -2.45. The predicted octanol–water partition coefficient (Wildman–Crippen LogP) is 8.96. The lowest BCUT2D eigenvalue weighted by molar-refractivity contribution is -0.126. The van der Waals surface area contributed by atoms with Crippen LogP contribution in [0.5, 0.6) is 0 Å². The Morgan fingerprint density at radius 2 is 0.608 bits per heavy atom. The molecule has 9 aromatic rings. The topological polar surface area (TPSA) is 213 Å². The first-order chi connectivity index (χ1) is 38.6. The zero-order valence-corrected chi connectivity index (χ0v) is 45.1. The first-order valence-electron chi connectivity index (χ1n) is 25.4. The minimum absolute atomic E-state index is 0.142. The maximum atomic E-state index is 14.0. The molecule has 6 heterocycles. The van der Waals surface area contributed by atoms with Crippen LogP contribution < -0.4 is 31.9 Å². The van der Waals surface area contributed by atoms with E-state index in [0.717, 1.165) is 50.1 Å². The number of aromatic nitrogens is 3. The van der Waals surface area contributed by atoms with Crippen molar-refractivity contribution in [2.75, 3.05) is 16.0 Å². The number of carbonyl (C=O) groups excluding carboxylic acids is 6. The van der Waals surface area contributed by atoms with E-state index >= 15 is 0 Å². The van der Waals surface area contributed by atoms with Gasteiger partial charge in [0.05, 0.1) is 19.3 Å². The Labute approximate surface area is 469 Å². The van der Waals surface area contributed by atoms with Gasteiger partial charge in [-0.15, -0.1) is 0 Å². The molecule has 15 nitrogen and oxygen atoms in total. The van der Waals surface area contributed by atoms with E-state index in [0.29, 0.717) is 17.1 Å². The number of thiophene rings is 3. The van der Waals surface area contributed by atoms with Gasteiger partial charge >= 0.3 is 0 Å². The molecule has 6 N–H and O–H groups in total. The van der Waals surface area contributed by atoms with Crippen molar-refractivity contribution in [3.05, 3.63) is 247 Å². The van der Waals surface area contributed by atoms with Crippen LogP contribution in [0, 0.1) is 0 Å². The van der Waals surface area contributed by atoms with E-state index in [2.05, 4.69) is 46.9 Å². The lowest BCUT2D eigenvalue weighted by atomic mass is 9.85. The SMILES string of the molecule is O=C(Cc1ccsc1)N[C@H](Cc1ccncc1)C(=O)Nc1ccc(C(c2ccc(NC(=O)[C@@H](Cc3ccncc3)NC(=O)Cc3ccsc3)cc2)c2ccc(NC(=O)[C@@H](Cc3ccncc3)NC(=O)Cc3ccsc3)cc2)cc1. The summed E-state index contributed by atoms with van der Waals surface area (Å²) < 4.78 is 0. The molecule has 9 rings (SSSR count). The third kappa shape index (κ3) is 16.3. The van der Waals surface area contributed by atoms with Crippen molar-refractivity contribution in [2.45, 2.75) is 62.6 Å². The molecule has 6 amide bonds. The van der Waals surface area contributed by atoms with E-state index in [-0.39, 0.29) is 79.9 Å². The molecule has 0 saturated carbocycles. The van der Waals surface area contributed by atoms with Crippen LogP contribution in [0.25, 0.3) is 0 Å². The second-order valence-electron chi connectivity index (χ2n) is 18.7. The fraction of sp³-hybridized carbons (Fsp3) is 0.164. The highest BCUT2D eigenvalue weighted by Gasteiger charge is 2.26. The summed E-state index contributed by atoms with van der Waals surface area (Å²) in [6, 6.07) is 36.3. The van der Waals surface area contributed by atoms with E-state index in [1.807, 2.05) is 160 Å². The molecule has 0 bridgehead atoms. The van der Waals surface area contributed by atoms with Crippen molar-refractivity contribution in [1.82, 2.24) is 30.9 Å². The lowest BCUT2D eigenvalue weighted by Gasteiger charge is -2.22. The number of anilines is 3. The summed E-state index contributed by atoms with van der Waals surface area (Å²) in [6.45, 7) is 0. The maximum Gasteiger partial charge on any atom is 0.247 e. The Bertz CT molecular complexity index is 3040. The third-order valence-corrected chi connectivity index (χ3v) is 15.1. The molecule has 0 unspecified atom stereocenters. The Morgan fingerprint density at radius 1 is 0.342 bits per heavy atom. The van der Waals surface area contributed by atoms with Gasteiger partial charge in [-0.05, 0) is 173 Å². The van der Waals surface area contributed by atoms with Crippen LogP contribution in [0.2, 0.25) is 0 Å². The van der Waals surface area contributed by atoms with Crippen molar-refractivity contribution >= 4 is 86.5 Å². The van der Waals surface area contributed by atoms with Crippen LogP contribution in [0.1, 0.15) is 56.0 Å². The Kier molecular flexibility index (Phi) is 19.0. The van der Waals surface area contributed by atoms with E-state index in [1.165, 1.54) is 34.0 Å². The van der Waals surface area contributed by atoms with Gasteiger partial charge < -0.3 is 31.9 Å². The minimum atomic E-state index is -0.874. The summed E-state index contributed by atoms with van der Waals surface area (Å²) in [5, 5.41) is 29.3. The maximum absolute atomic E-state index is 14.0.